The number of pyridine rings is 1. The first-order valence-electron chi connectivity index (χ1n) is 9.55. The molecule has 0 aliphatic rings. The minimum absolute atomic E-state index is 0.151. The van der Waals surface area contributed by atoms with Crippen LogP contribution in [0.2, 0.25) is 0 Å². The van der Waals surface area contributed by atoms with Crippen molar-refractivity contribution in [2.45, 2.75) is 65.5 Å². The largest absolute Gasteiger partial charge is 0.406 e. The molecule has 0 aliphatic carbocycles. The number of halogens is 3. The number of carbonyl (C=O) groups excluding carboxylic acids is 1. The Labute approximate surface area is 171 Å². The van der Waals surface area contributed by atoms with Crippen LogP contribution in [0.1, 0.15) is 70.0 Å². The van der Waals surface area contributed by atoms with E-state index in [9.17, 15) is 18.0 Å². The van der Waals surface area contributed by atoms with Crippen LogP contribution in [0.25, 0.3) is 0 Å². The average Bonchev–Trinajstić information content (AvgIpc) is 2.57. The van der Waals surface area contributed by atoms with Gasteiger partial charge in [-0.3, -0.25) is 4.79 Å². The molecular formula is C23H29F3N2O. The summed E-state index contributed by atoms with van der Waals surface area (Å²) in [6, 6.07) is 8.61. The summed E-state index contributed by atoms with van der Waals surface area (Å²) in [5.74, 6) is -0.0330. The van der Waals surface area contributed by atoms with E-state index in [1.807, 2.05) is 41.5 Å². The molecule has 0 saturated carbocycles. The third-order valence-electron chi connectivity index (χ3n) is 4.73. The Bertz CT molecular complexity index is 841. The van der Waals surface area contributed by atoms with Gasteiger partial charge in [-0.1, -0.05) is 47.6 Å². The van der Waals surface area contributed by atoms with Gasteiger partial charge >= 0.3 is 6.18 Å². The van der Waals surface area contributed by atoms with E-state index in [4.69, 9.17) is 0 Å². The smallest absolute Gasteiger partial charge is 0.317 e. The lowest BCUT2D eigenvalue weighted by Crippen LogP contribution is -2.32. The lowest BCUT2D eigenvalue weighted by Gasteiger charge is -2.31. The topological polar surface area (TPSA) is 33.2 Å². The van der Waals surface area contributed by atoms with Crippen molar-refractivity contribution in [2.75, 3.05) is 11.4 Å². The first-order valence-corrected chi connectivity index (χ1v) is 9.55. The number of aromatic nitrogens is 1. The number of Topliss-reactive ketones (excluding diaryl/α,β-unsaturated/α-hetero) is 1. The Balaban J connectivity index is 2.68. The van der Waals surface area contributed by atoms with Crippen molar-refractivity contribution in [3.05, 3.63) is 53.2 Å². The molecular weight excluding hydrogens is 377 g/mol. The molecule has 1 heterocycles. The summed E-state index contributed by atoms with van der Waals surface area (Å²) in [6.07, 6.45) is -3.10. The quantitative estimate of drug-likeness (QED) is 0.538. The zero-order valence-corrected chi connectivity index (χ0v) is 18.1. The minimum atomic E-state index is -4.42. The number of ketones is 1. The fourth-order valence-electron chi connectivity index (χ4n) is 2.87. The molecule has 2 aromatic rings. The molecule has 0 fully saturated rings. The van der Waals surface area contributed by atoms with Crippen molar-refractivity contribution in [3.63, 3.8) is 0 Å². The molecule has 0 atom stereocenters. The minimum Gasteiger partial charge on any atom is -0.317 e. The van der Waals surface area contributed by atoms with E-state index in [2.05, 4.69) is 11.1 Å². The van der Waals surface area contributed by atoms with Gasteiger partial charge in [0.15, 0.2) is 5.78 Å². The molecule has 0 N–H and O–H groups in total. The van der Waals surface area contributed by atoms with Gasteiger partial charge in [0.1, 0.15) is 12.4 Å². The van der Waals surface area contributed by atoms with Crippen LogP contribution in [-0.4, -0.2) is 23.5 Å². The summed E-state index contributed by atoms with van der Waals surface area (Å²) in [4.78, 5) is 16.8. The van der Waals surface area contributed by atoms with Gasteiger partial charge < -0.3 is 4.90 Å². The van der Waals surface area contributed by atoms with Gasteiger partial charge in [0.2, 0.25) is 0 Å². The molecule has 0 amide bonds. The van der Waals surface area contributed by atoms with Crippen LogP contribution in [-0.2, 0) is 10.8 Å². The molecule has 3 nitrogen and oxygen atoms in total. The first-order chi connectivity index (χ1) is 13.1. The third-order valence-corrected chi connectivity index (χ3v) is 4.73. The Hall–Kier alpha value is -2.37. The molecule has 1 aromatic carbocycles. The Morgan fingerprint density at radius 3 is 1.79 bits per heavy atom. The highest BCUT2D eigenvalue weighted by atomic mass is 19.4. The predicted octanol–water partition coefficient (Wildman–Crippen LogP) is 6.58. The van der Waals surface area contributed by atoms with E-state index in [0.717, 1.165) is 16.0 Å². The maximum Gasteiger partial charge on any atom is 0.406 e. The fraction of sp³-hybridized carbons (Fsp3) is 0.478. The lowest BCUT2D eigenvalue weighted by molar-refractivity contribution is -0.118. The van der Waals surface area contributed by atoms with Crippen molar-refractivity contribution in [1.29, 1.82) is 0 Å². The zero-order valence-electron chi connectivity index (χ0n) is 18.1. The highest BCUT2D eigenvalue weighted by Crippen LogP contribution is 2.36. The highest BCUT2D eigenvalue weighted by Gasteiger charge is 2.33. The predicted molar refractivity (Wildman–Crippen MR) is 111 cm³/mol. The number of hydrogen-bond donors (Lipinski definition) is 0. The lowest BCUT2D eigenvalue weighted by atomic mass is 9.80. The van der Waals surface area contributed by atoms with Gasteiger partial charge in [-0.2, -0.15) is 13.2 Å². The first kappa shape index (κ1) is 22.9. The van der Waals surface area contributed by atoms with Crippen molar-refractivity contribution >= 4 is 17.3 Å². The highest BCUT2D eigenvalue weighted by molar-refractivity contribution is 5.93. The van der Waals surface area contributed by atoms with Crippen LogP contribution in [0.4, 0.5) is 24.7 Å². The monoisotopic (exact) mass is 406 g/mol. The molecule has 29 heavy (non-hydrogen) atoms. The molecule has 0 bridgehead atoms. The van der Waals surface area contributed by atoms with Gasteiger partial charge in [-0.15, -0.1) is 0 Å². The van der Waals surface area contributed by atoms with Gasteiger partial charge in [0.05, 0.1) is 0 Å². The molecule has 2 rings (SSSR count). The van der Waals surface area contributed by atoms with Crippen molar-refractivity contribution in [3.8, 4) is 0 Å². The van der Waals surface area contributed by atoms with Crippen LogP contribution in [0, 0.1) is 0 Å². The molecule has 0 aliphatic heterocycles. The Morgan fingerprint density at radius 1 is 0.931 bits per heavy atom. The maximum atomic E-state index is 13.4. The van der Waals surface area contributed by atoms with Crippen molar-refractivity contribution in [1.82, 2.24) is 4.98 Å². The summed E-state index contributed by atoms with van der Waals surface area (Å²) < 4.78 is 40.3. The van der Waals surface area contributed by atoms with E-state index in [1.165, 1.54) is 25.3 Å². The number of anilines is 2. The van der Waals surface area contributed by atoms with E-state index in [-0.39, 0.29) is 22.4 Å². The van der Waals surface area contributed by atoms with Crippen molar-refractivity contribution < 1.29 is 18.0 Å². The van der Waals surface area contributed by atoms with Crippen LogP contribution < -0.4 is 4.90 Å². The van der Waals surface area contributed by atoms with Gasteiger partial charge in [-0.05, 0) is 53.1 Å². The number of carbonyl (C=O) groups is 1. The van der Waals surface area contributed by atoms with Gasteiger partial charge in [0.25, 0.3) is 0 Å². The van der Waals surface area contributed by atoms with Crippen LogP contribution in [0.3, 0.4) is 0 Å². The maximum absolute atomic E-state index is 13.4. The molecule has 0 unspecified atom stereocenters. The summed E-state index contributed by atoms with van der Waals surface area (Å²) in [5.41, 5.74) is 2.24. The molecule has 6 heteroatoms. The second-order valence-corrected chi connectivity index (χ2v) is 9.43. The Kier molecular flexibility index (Phi) is 6.17. The summed E-state index contributed by atoms with van der Waals surface area (Å²) in [7, 11) is 0. The van der Waals surface area contributed by atoms with Crippen LogP contribution in [0.5, 0.6) is 0 Å². The molecule has 1 aromatic heterocycles. The number of hydrogen-bond acceptors (Lipinski definition) is 3. The summed E-state index contributed by atoms with van der Waals surface area (Å²) in [5, 5.41) is 0. The molecule has 0 radical (unpaired) electrons. The molecule has 0 saturated heterocycles. The SMILES string of the molecule is CC(=O)c1ccc(N(CC(F)(F)F)c2cc(C(C)(C)C)cc(C(C)(C)C)c2)nc1. The van der Waals surface area contributed by atoms with Gasteiger partial charge in [-0.25, -0.2) is 4.98 Å². The zero-order chi connectivity index (χ0) is 22.2. The number of rotatable bonds is 4. The normalized spacial score (nSPS) is 12.8. The van der Waals surface area contributed by atoms with E-state index in [0.29, 0.717) is 11.3 Å². The standard InChI is InChI=1S/C23H29F3N2O/c1-15(29)16-8-9-20(27-13-16)28(14-23(24,25)26)19-11-17(21(2,3)4)10-18(12-19)22(5,6)7/h8-13H,14H2,1-7H3. The fourth-order valence-corrected chi connectivity index (χ4v) is 2.87. The van der Waals surface area contributed by atoms with Crippen molar-refractivity contribution in [2.24, 2.45) is 0 Å². The van der Waals surface area contributed by atoms with Crippen LogP contribution >= 0.6 is 0 Å². The summed E-state index contributed by atoms with van der Waals surface area (Å²) in [6.45, 7) is 12.4. The van der Waals surface area contributed by atoms with E-state index < -0.39 is 12.7 Å². The molecule has 0 spiro atoms. The Morgan fingerprint density at radius 2 is 1.45 bits per heavy atom. The average molecular weight is 406 g/mol. The molecule has 158 valence electrons. The second-order valence-electron chi connectivity index (χ2n) is 9.43. The van der Waals surface area contributed by atoms with E-state index in [1.54, 1.807) is 12.1 Å². The number of alkyl halides is 3. The third kappa shape index (κ3) is 6.05. The number of nitrogens with zero attached hydrogens (tertiary/aromatic N) is 2. The van der Waals surface area contributed by atoms with Gasteiger partial charge in [0, 0.05) is 17.4 Å². The van der Waals surface area contributed by atoms with Crippen LogP contribution in [0.15, 0.2) is 36.5 Å². The second kappa shape index (κ2) is 7.81. The van der Waals surface area contributed by atoms with E-state index >= 15 is 0 Å². The number of benzene rings is 1. The summed E-state index contributed by atoms with van der Waals surface area (Å²) >= 11 is 0.